The van der Waals surface area contributed by atoms with Crippen LogP contribution in [0.3, 0.4) is 0 Å². The quantitative estimate of drug-likeness (QED) is 0.659. The van der Waals surface area contributed by atoms with Gasteiger partial charge in [-0.3, -0.25) is 0 Å². The van der Waals surface area contributed by atoms with E-state index in [9.17, 15) is 4.79 Å². The zero-order valence-corrected chi connectivity index (χ0v) is 13.2. The van der Waals surface area contributed by atoms with Gasteiger partial charge in [0.1, 0.15) is 0 Å². The Morgan fingerprint density at radius 1 is 1.00 bits per heavy atom. The van der Waals surface area contributed by atoms with Crippen molar-refractivity contribution in [2.24, 2.45) is 0 Å². The minimum absolute atomic E-state index is 0.332. The molecule has 0 aliphatic carbocycles. The summed E-state index contributed by atoms with van der Waals surface area (Å²) < 4.78 is 5.63. The standard InChI is InChI=1S/C19H23NO3/c21-19(22)18-10-6-9-17(13-18)14-20-11-4-5-12-23-15-16-7-2-1-3-8-16/h1-3,6-10,13,20H,4-5,11-12,14-15H2,(H,21,22). The van der Waals surface area contributed by atoms with E-state index < -0.39 is 5.97 Å². The maximum absolute atomic E-state index is 10.9. The van der Waals surface area contributed by atoms with Crippen LogP contribution in [0.2, 0.25) is 0 Å². The van der Waals surface area contributed by atoms with Gasteiger partial charge in [0.05, 0.1) is 12.2 Å². The second kappa shape index (κ2) is 9.77. The molecule has 2 N–H and O–H groups in total. The molecule has 0 aromatic heterocycles. The average molecular weight is 313 g/mol. The molecule has 23 heavy (non-hydrogen) atoms. The van der Waals surface area contributed by atoms with Gasteiger partial charge < -0.3 is 15.2 Å². The molecule has 0 saturated carbocycles. The summed E-state index contributed by atoms with van der Waals surface area (Å²) >= 11 is 0. The summed E-state index contributed by atoms with van der Waals surface area (Å²) in [6.45, 7) is 3.00. The third kappa shape index (κ3) is 6.63. The Kier molecular flexibility index (Phi) is 7.30. The Labute approximate surface area is 137 Å². The molecule has 0 bridgehead atoms. The van der Waals surface area contributed by atoms with Crippen molar-refractivity contribution in [3.63, 3.8) is 0 Å². The van der Waals surface area contributed by atoms with Crippen LogP contribution in [-0.4, -0.2) is 24.2 Å². The number of nitrogens with one attached hydrogen (secondary N) is 1. The monoisotopic (exact) mass is 313 g/mol. The number of ether oxygens (including phenoxy) is 1. The zero-order valence-electron chi connectivity index (χ0n) is 13.2. The van der Waals surface area contributed by atoms with Gasteiger partial charge in [-0.15, -0.1) is 0 Å². The van der Waals surface area contributed by atoms with Crippen molar-refractivity contribution in [2.45, 2.75) is 26.0 Å². The second-order valence-corrected chi connectivity index (χ2v) is 5.43. The molecule has 0 spiro atoms. The normalized spacial score (nSPS) is 10.6. The molecule has 4 heteroatoms. The highest BCUT2D eigenvalue weighted by Gasteiger charge is 2.02. The summed E-state index contributed by atoms with van der Waals surface area (Å²) in [6.07, 6.45) is 2.04. The third-order valence-corrected chi connectivity index (χ3v) is 3.51. The van der Waals surface area contributed by atoms with Crippen molar-refractivity contribution in [2.75, 3.05) is 13.2 Å². The summed E-state index contributed by atoms with van der Waals surface area (Å²) in [7, 11) is 0. The van der Waals surface area contributed by atoms with Crippen molar-refractivity contribution in [1.29, 1.82) is 0 Å². The Morgan fingerprint density at radius 3 is 2.57 bits per heavy atom. The average Bonchev–Trinajstić information content (AvgIpc) is 2.58. The van der Waals surface area contributed by atoms with Crippen molar-refractivity contribution in [3.8, 4) is 0 Å². The Morgan fingerprint density at radius 2 is 1.78 bits per heavy atom. The molecule has 0 aliphatic heterocycles. The molecule has 0 saturated heterocycles. The van der Waals surface area contributed by atoms with E-state index in [2.05, 4.69) is 17.4 Å². The first-order valence-corrected chi connectivity index (χ1v) is 7.90. The van der Waals surface area contributed by atoms with Crippen molar-refractivity contribution in [1.82, 2.24) is 5.32 Å². The molecule has 0 atom stereocenters. The number of hydrogen-bond acceptors (Lipinski definition) is 3. The minimum atomic E-state index is -0.887. The number of rotatable bonds is 10. The van der Waals surface area contributed by atoms with Gasteiger partial charge in [0.25, 0.3) is 0 Å². The first-order chi connectivity index (χ1) is 11.3. The predicted molar refractivity (Wildman–Crippen MR) is 90.4 cm³/mol. The number of hydrogen-bond donors (Lipinski definition) is 2. The second-order valence-electron chi connectivity index (χ2n) is 5.43. The summed E-state index contributed by atoms with van der Waals surface area (Å²) in [4.78, 5) is 10.9. The van der Waals surface area contributed by atoms with Gasteiger partial charge in [-0.25, -0.2) is 4.79 Å². The number of benzene rings is 2. The van der Waals surface area contributed by atoms with E-state index in [0.29, 0.717) is 18.7 Å². The van der Waals surface area contributed by atoms with Crippen LogP contribution < -0.4 is 5.32 Å². The maximum Gasteiger partial charge on any atom is 0.335 e. The van der Waals surface area contributed by atoms with Crippen LogP contribution in [0.25, 0.3) is 0 Å². The van der Waals surface area contributed by atoms with E-state index in [0.717, 1.165) is 31.6 Å². The molecular weight excluding hydrogens is 290 g/mol. The molecule has 2 aromatic carbocycles. The van der Waals surface area contributed by atoms with Crippen LogP contribution in [0.15, 0.2) is 54.6 Å². The highest BCUT2D eigenvalue weighted by atomic mass is 16.5. The molecule has 4 nitrogen and oxygen atoms in total. The van der Waals surface area contributed by atoms with E-state index in [1.165, 1.54) is 5.56 Å². The van der Waals surface area contributed by atoms with E-state index in [4.69, 9.17) is 9.84 Å². The fourth-order valence-corrected chi connectivity index (χ4v) is 2.27. The molecule has 0 amide bonds. The van der Waals surface area contributed by atoms with Gasteiger partial charge >= 0.3 is 5.97 Å². The molecule has 2 aromatic rings. The molecule has 2 rings (SSSR count). The Balaban J connectivity index is 1.52. The minimum Gasteiger partial charge on any atom is -0.478 e. The summed E-state index contributed by atoms with van der Waals surface area (Å²) in [6, 6.07) is 17.2. The van der Waals surface area contributed by atoms with Crippen molar-refractivity contribution in [3.05, 3.63) is 71.3 Å². The molecule has 0 heterocycles. The van der Waals surface area contributed by atoms with Gasteiger partial charge in [0.15, 0.2) is 0 Å². The van der Waals surface area contributed by atoms with Gasteiger partial charge in [-0.2, -0.15) is 0 Å². The smallest absolute Gasteiger partial charge is 0.335 e. The molecule has 0 radical (unpaired) electrons. The Bertz CT molecular complexity index is 599. The highest BCUT2D eigenvalue weighted by Crippen LogP contribution is 2.05. The fraction of sp³-hybridized carbons (Fsp3) is 0.316. The molecule has 122 valence electrons. The van der Waals surface area contributed by atoms with Crippen LogP contribution in [0.5, 0.6) is 0 Å². The van der Waals surface area contributed by atoms with Crippen LogP contribution in [0.4, 0.5) is 0 Å². The lowest BCUT2D eigenvalue weighted by molar-refractivity contribution is 0.0696. The molecule has 0 unspecified atom stereocenters. The highest BCUT2D eigenvalue weighted by molar-refractivity contribution is 5.87. The number of aromatic carboxylic acids is 1. The van der Waals surface area contributed by atoms with E-state index in [1.54, 1.807) is 18.2 Å². The number of carbonyl (C=O) groups is 1. The van der Waals surface area contributed by atoms with Crippen molar-refractivity contribution < 1.29 is 14.6 Å². The summed E-state index contributed by atoms with van der Waals surface area (Å²) in [5, 5.41) is 12.3. The first kappa shape index (κ1) is 17.2. The lowest BCUT2D eigenvalue weighted by Crippen LogP contribution is -2.15. The van der Waals surface area contributed by atoms with Crippen LogP contribution >= 0.6 is 0 Å². The largest absolute Gasteiger partial charge is 0.478 e. The van der Waals surface area contributed by atoms with Crippen LogP contribution in [0.1, 0.15) is 34.3 Å². The third-order valence-electron chi connectivity index (χ3n) is 3.51. The number of carboxylic acids is 1. The van der Waals surface area contributed by atoms with Crippen molar-refractivity contribution >= 4 is 5.97 Å². The van der Waals surface area contributed by atoms with Gasteiger partial charge in [-0.05, 0) is 42.6 Å². The van der Waals surface area contributed by atoms with Crippen LogP contribution in [-0.2, 0) is 17.9 Å². The van der Waals surface area contributed by atoms with E-state index >= 15 is 0 Å². The van der Waals surface area contributed by atoms with Gasteiger partial charge in [0, 0.05) is 13.2 Å². The topological polar surface area (TPSA) is 58.6 Å². The predicted octanol–water partition coefficient (Wildman–Crippen LogP) is 3.47. The number of carboxylic acid groups (broad SMARTS) is 1. The molecular formula is C19H23NO3. The lowest BCUT2D eigenvalue weighted by Gasteiger charge is -2.07. The lowest BCUT2D eigenvalue weighted by atomic mass is 10.1. The Hall–Kier alpha value is -2.17. The summed E-state index contributed by atoms with van der Waals surface area (Å²) in [5.74, 6) is -0.887. The van der Waals surface area contributed by atoms with Crippen LogP contribution in [0, 0.1) is 0 Å². The van der Waals surface area contributed by atoms with E-state index in [1.807, 2.05) is 24.3 Å². The maximum atomic E-state index is 10.9. The van der Waals surface area contributed by atoms with Gasteiger partial charge in [0.2, 0.25) is 0 Å². The van der Waals surface area contributed by atoms with Gasteiger partial charge in [-0.1, -0.05) is 42.5 Å². The molecule has 0 aliphatic rings. The fourth-order valence-electron chi connectivity index (χ4n) is 2.27. The number of unbranched alkanes of at least 4 members (excludes halogenated alkanes) is 1. The first-order valence-electron chi connectivity index (χ1n) is 7.90. The van der Waals surface area contributed by atoms with E-state index in [-0.39, 0.29) is 0 Å². The summed E-state index contributed by atoms with van der Waals surface area (Å²) in [5.41, 5.74) is 2.52. The molecule has 0 fully saturated rings. The zero-order chi connectivity index (χ0) is 16.3. The SMILES string of the molecule is O=C(O)c1cccc(CNCCCCOCc2ccccc2)c1.